The number of esters is 1. The normalized spacial score (nSPS) is 13.1. The molecule has 2 aromatic rings. The zero-order valence-electron chi connectivity index (χ0n) is 14.5. The van der Waals surface area contributed by atoms with E-state index >= 15 is 0 Å². The van der Waals surface area contributed by atoms with Gasteiger partial charge in [0.15, 0.2) is 5.69 Å². The molecular formula is C19H18N2O5. The van der Waals surface area contributed by atoms with Crippen LogP contribution in [-0.4, -0.2) is 45.9 Å². The number of rotatable bonds is 5. The minimum Gasteiger partial charge on any atom is -0.505 e. The van der Waals surface area contributed by atoms with E-state index in [1.165, 1.54) is 0 Å². The molecule has 1 N–H and O–H groups in total. The second-order valence-corrected chi connectivity index (χ2v) is 5.96. The van der Waals surface area contributed by atoms with E-state index < -0.39 is 23.5 Å². The van der Waals surface area contributed by atoms with Crippen LogP contribution in [-0.2, 0) is 11.2 Å². The summed E-state index contributed by atoms with van der Waals surface area (Å²) in [6.45, 7) is 3.84. The summed E-state index contributed by atoms with van der Waals surface area (Å²) in [5.74, 6) is -2.51. The number of aromatic hydroxyl groups is 1. The first kappa shape index (κ1) is 17.6. The fourth-order valence-electron chi connectivity index (χ4n) is 2.84. The van der Waals surface area contributed by atoms with Gasteiger partial charge in [-0.2, -0.15) is 0 Å². The molecule has 0 bridgehead atoms. The third kappa shape index (κ3) is 3.03. The predicted molar refractivity (Wildman–Crippen MR) is 92.1 cm³/mol. The van der Waals surface area contributed by atoms with Gasteiger partial charge in [0.25, 0.3) is 11.8 Å². The van der Waals surface area contributed by atoms with Crippen LogP contribution in [0.1, 0.15) is 49.3 Å². The molecule has 7 heteroatoms. The van der Waals surface area contributed by atoms with E-state index in [1.54, 1.807) is 6.92 Å². The Hall–Kier alpha value is -3.22. The van der Waals surface area contributed by atoms with Crippen LogP contribution in [0, 0.1) is 6.92 Å². The van der Waals surface area contributed by atoms with Crippen LogP contribution >= 0.6 is 0 Å². The summed E-state index contributed by atoms with van der Waals surface area (Å²) in [5.41, 5.74) is 1.44. The third-order valence-electron chi connectivity index (χ3n) is 4.19. The maximum Gasteiger partial charge on any atom is 0.357 e. The highest BCUT2D eigenvalue weighted by Crippen LogP contribution is 2.32. The zero-order valence-corrected chi connectivity index (χ0v) is 14.5. The SMILES string of the molecule is CCOC(=O)c1ncc(O)c2c1C(=O)N(CCc1ccc(C)cc1)C2=O. The molecule has 0 fully saturated rings. The Morgan fingerprint density at radius 1 is 1.15 bits per heavy atom. The topological polar surface area (TPSA) is 96.8 Å². The number of ether oxygens (including phenoxy) is 1. The van der Waals surface area contributed by atoms with E-state index in [0.29, 0.717) is 6.42 Å². The van der Waals surface area contributed by atoms with Gasteiger partial charge in [-0.1, -0.05) is 29.8 Å². The molecule has 0 aliphatic carbocycles. The lowest BCUT2D eigenvalue weighted by Gasteiger charge is -2.13. The summed E-state index contributed by atoms with van der Waals surface area (Å²) < 4.78 is 4.89. The lowest BCUT2D eigenvalue weighted by Crippen LogP contribution is -2.32. The van der Waals surface area contributed by atoms with Crippen LogP contribution in [0.3, 0.4) is 0 Å². The molecule has 0 saturated carbocycles. The Labute approximate surface area is 150 Å². The summed E-state index contributed by atoms with van der Waals surface area (Å²) in [5, 5.41) is 9.97. The molecule has 134 valence electrons. The van der Waals surface area contributed by atoms with Gasteiger partial charge >= 0.3 is 5.97 Å². The number of carbonyl (C=O) groups is 3. The highest BCUT2D eigenvalue weighted by molar-refractivity contribution is 6.25. The van der Waals surface area contributed by atoms with Gasteiger partial charge in [0.05, 0.1) is 23.9 Å². The van der Waals surface area contributed by atoms with Crippen molar-refractivity contribution < 1.29 is 24.2 Å². The van der Waals surface area contributed by atoms with Crippen LogP contribution in [0.2, 0.25) is 0 Å². The predicted octanol–water partition coefficient (Wildman–Crippen LogP) is 2.11. The van der Waals surface area contributed by atoms with E-state index in [9.17, 15) is 19.5 Å². The van der Waals surface area contributed by atoms with Gasteiger partial charge in [-0.15, -0.1) is 0 Å². The summed E-state index contributed by atoms with van der Waals surface area (Å²) in [6, 6.07) is 7.76. The number of benzene rings is 1. The molecule has 1 aliphatic heterocycles. The first-order valence-corrected chi connectivity index (χ1v) is 8.24. The number of hydrogen-bond donors (Lipinski definition) is 1. The number of carbonyl (C=O) groups excluding carboxylic acids is 3. The summed E-state index contributed by atoms with van der Waals surface area (Å²) in [7, 11) is 0. The molecule has 3 rings (SSSR count). The van der Waals surface area contributed by atoms with Gasteiger partial charge in [0.1, 0.15) is 5.75 Å². The van der Waals surface area contributed by atoms with Crippen molar-refractivity contribution in [3.8, 4) is 5.75 Å². The molecule has 0 radical (unpaired) electrons. The molecule has 1 aromatic heterocycles. The number of pyridine rings is 1. The summed E-state index contributed by atoms with van der Waals surface area (Å²) in [4.78, 5) is 42.2. The number of imide groups is 1. The number of hydrogen-bond acceptors (Lipinski definition) is 6. The zero-order chi connectivity index (χ0) is 18.8. The van der Waals surface area contributed by atoms with Gasteiger partial charge in [-0.3, -0.25) is 14.5 Å². The van der Waals surface area contributed by atoms with Crippen molar-refractivity contribution in [3.63, 3.8) is 0 Å². The van der Waals surface area contributed by atoms with Crippen molar-refractivity contribution in [3.05, 3.63) is 58.4 Å². The van der Waals surface area contributed by atoms with Crippen LogP contribution in [0.5, 0.6) is 5.75 Å². The lowest BCUT2D eigenvalue weighted by atomic mass is 10.1. The Bertz CT molecular complexity index is 890. The van der Waals surface area contributed by atoms with Gasteiger partial charge in [-0.05, 0) is 25.8 Å². The second-order valence-electron chi connectivity index (χ2n) is 5.96. The summed E-state index contributed by atoms with van der Waals surface area (Å²) >= 11 is 0. The molecule has 2 amide bonds. The quantitative estimate of drug-likeness (QED) is 0.652. The molecular weight excluding hydrogens is 336 g/mol. The van der Waals surface area contributed by atoms with Gasteiger partial charge < -0.3 is 9.84 Å². The number of fused-ring (bicyclic) bond motifs is 1. The molecule has 1 aromatic carbocycles. The fraction of sp³-hybridized carbons (Fsp3) is 0.263. The number of aryl methyl sites for hydroxylation is 1. The molecule has 0 atom stereocenters. The summed E-state index contributed by atoms with van der Waals surface area (Å²) in [6.07, 6.45) is 1.45. The molecule has 0 saturated heterocycles. The van der Waals surface area contributed by atoms with Gasteiger partial charge in [0.2, 0.25) is 0 Å². The van der Waals surface area contributed by atoms with E-state index in [-0.39, 0.29) is 30.0 Å². The molecule has 0 spiro atoms. The Morgan fingerprint density at radius 2 is 1.81 bits per heavy atom. The molecule has 26 heavy (non-hydrogen) atoms. The Balaban J connectivity index is 1.89. The largest absolute Gasteiger partial charge is 0.505 e. The highest BCUT2D eigenvalue weighted by Gasteiger charge is 2.42. The maximum absolute atomic E-state index is 12.7. The van der Waals surface area contributed by atoms with Crippen molar-refractivity contribution in [2.24, 2.45) is 0 Å². The third-order valence-corrected chi connectivity index (χ3v) is 4.19. The van der Waals surface area contributed by atoms with Crippen LogP contribution < -0.4 is 0 Å². The number of aromatic nitrogens is 1. The van der Waals surface area contributed by atoms with E-state index in [1.807, 2.05) is 31.2 Å². The average molecular weight is 354 g/mol. The van der Waals surface area contributed by atoms with E-state index in [4.69, 9.17) is 4.74 Å². The fourth-order valence-corrected chi connectivity index (χ4v) is 2.84. The van der Waals surface area contributed by atoms with Crippen molar-refractivity contribution >= 4 is 17.8 Å². The number of amides is 2. The Kier molecular flexibility index (Phi) is 4.71. The van der Waals surface area contributed by atoms with Crippen LogP contribution in [0.4, 0.5) is 0 Å². The minimum absolute atomic E-state index is 0.107. The molecule has 2 heterocycles. The second kappa shape index (κ2) is 6.95. The number of nitrogens with zero attached hydrogens (tertiary/aromatic N) is 2. The van der Waals surface area contributed by atoms with Gasteiger partial charge in [0, 0.05) is 6.54 Å². The van der Waals surface area contributed by atoms with Crippen molar-refractivity contribution in [1.82, 2.24) is 9.88 Å². The first-order valence-electron chi connectivity index (χ1n) is 8.24. The van der Waals surface area contributed by atoms with E-state index in [0.717, 1.165) is 22.2 Å². The van der Waals surface area contributed by atoms with Crippen molar-refractivity contribution in [2.75, 3.05) is 13.2 Å². The van der Waals surface area contributed by atoms with Crippen molar-refractivity contribution in [1.29, 1.82) is 0 Å². The van der Waals surface area contributed by atoms with Crippen molar-refractivity contribution in [2.45, 2.75) is 20.3 Å². The highest BCUT2D eigenvalue weighted by atomic mass is 16.5. The molecule has 1 aliphatic rings. The minimum atomic E-state index is -0.801. The van der Waals surface area contributed by atoms with Crippen LogP contribution in [0.15, 0.2) is 30.5 Å². The van der Waals surface area contributed by atoms with Gasteiger partial charge in [-0.25, -0.2) is 9.78 Å². The smallest absolute Gasteiger partial charge is 0.357 e. The molecule has 7 nitrogen and oxygen atoms in total. The molecule has 0 unspecified atom stereocenters. The first-order chi connectivity index (χ1) is 12.4. The van der Waals surface area contributed by atoms with Crippen LogP contribution in [0.25, 0.3) is 0 Å². The maximum atomic E-state index is 12.7. The standard InChI is InChI=1S/C19H18N2O5/c1-3-26-19(25)16-15-14(13(22)10-20-16)17(23)21(18(15)24)9-8-12-6-4-11(2)5-7-12/h4-7,10,22H,3,8-9H2,1-2H3. The average Bonchev–Trinajstić information content (AvgIpc) is 2.87. The monoisotopic (exact) mass is 354 g/mol. The lowest BCUT2D eigenvalue weighted by molar-refractivity contribution is 0.0511. The van der Waals surface area contributed by atoms with E-state index in [2.05, 4.69) is 4.98 Å². The Morgan fingerprint density at radius 3 is 2.46 bits per heavy atom.